The van der Waals surface area contributed by atoms with Gasteiger partial charge in [-0.3, -0.25) is 19.1 Å². The minimum atomic E-state index is -0.703. The number of fused-ring (bicyclic) bond motifs is 1. The number of nitrogens with two attached hydrogens (primary N) is 1. The zero-order valence-electron chi connectivity index (χ0n) is 10.6. The second-order valence-electron chi connectivity index (χ2n) is 4.13. The fourth-order valence-electron chi connectivity index (χ4n) is 1.76. The number of carbonyl (C=O) groups is 2. The van der Waals surface area contributed by atoms with Gasteiger partial charge in [0.05, 0.1) is 24.7 Å². The van der Waals surface area contributed by atoms with Crippen LogP contribution < -0.4 is 11.2 Å². The van der Waals surface area contributed by atoms with Crippen molar-refractivity contribution in [2.75, 3.05) is 6.61 Å². The topological polar surface area (TPSA) is 104 Å². The Morgan fingerprint density at radius 1 is 1.30 bits per heavy atom. The normalized spacial score (nSPS) is 10.4. The number of para-hydroxylation sites is 1. The highest BCUT2D eigenvalue weighted by atomic mass is 16.5. The first kappa shape index (κ1) is 13.7. The van der Waals surface area contributed by atoms with Crippen LogP contribution in [-0.4, -0.2) is 28.3 Å². The highest BCUT2D eigenvalue weighted by Crippen LogP contribution is 2.08. The third kappa shape index (κ3) is 3.19. The Hall–Kier alpha value is -2.70. The Kier molecular flexibility index (Phi) is 4.09. The monoisotopic (exact) mass is 275 g/mol. The van der Waals surface area contributed by atoms with Crippen LogP contribution in [0.2, 0.25) is 0 Å². The number of esters is 1. The van der Waals surface area contributed by atoms with Crippen molar-refractivity contribution in [2.24, 2.45) is 5.73 Å². The maximum absolute atomic E-state index is 11.6. The van der Waals surface area contributed by atoms with E-state index >= 15 is 0 Å². The number of aryl methyl sites for hydroxylation is 1. The van der Waals surface area contributed by atoms with Crippen LogP contribution in [0.1, 0.15) is 6.42 Å². The molecule has 0 radical (unpaired) electrons. The summed E-state index contributed by atoms with van der Waals surface area (Å²) in [5.74, 6) is -1.25. The third-order valence-electron chi connectivity index (χ3n) is 2.67. The number of carbonyl (C=O) groups excluding carboxylic acids is 2. The Morgan fingerprint density at radius 3 is 2.80 bits per heavy atom. The maximum atomic E-state index is 11.6. The van der Waals surface area contributed by atoms with Crippen LogP contribution in [0.3, 0.4) is 0 Å². The van der Waals surface area contributed by atoms with Crippen molar-refractivity contribution in [2.45, 2.75) is 13.0 Å². The number of benzene rings is 1. The Bertz CT molecular complexity index is 708. The van der Waals surface area contributed by atoms with E-state index in [0.29, 0.717) is 10.9 Å². The molecule has 2 N–H and O–H groups in total. The molecule has 1 amide bonds. The minimum absolute atomic E-state index is 0.0349. The predicted octanol–water partition coefficient (Wildman–Crippen LogP) is -0.185. The lowest BCUT2D eigenvalue weighted by atomic mass is 10.2. The van der Waals surface area contributed by atoms with Gasteiger partial charge in [-0.2, -0.15) is 5.10 Å². The molecule has 0 fully saturated rings. The molecule has 0 unspecified atom stereocenters. The average Bonchev–Trinajstić information content (AvgIpc) is 2.45. The number of primary amides is 1. The van der Waals surface area contributed by atoms with Crippen LogP contribution in [0.25, 0.3) is 10.9 Å². The first-order valence-corrected chi connectivity index (χ1v) is 5.97. The molecule has 1 aromatic heterocycles. The first-order chi connectivity index (χ1) is 9.58. The van der Waals surface area contributed by atoms with Gasteiger partial charge in [-0.05, 0) is 12.1 Å². The van der Waals surface area contributed by atoms with Gasteiger partial charge in [-0.15, -0.1) is 0 Å². The molecule has 0 atom stereocenters. The van der Waals surface area contributed by atoms with Crippen molar-refractivity contribution in [1.29, 1.82) is 0 Å². The smallest absolute Gasteiger partial charge is 0.308 e. The predicted molar refractivity (Wildman–Crippen MR) is 70.8 cm³/mol. The summed E-state index contributed by atoms with van der Waals surface area (Å²) in [7, 11) is 0. The molecule has 0 saturated heterocycles. The van der Waals surface area contributed by atoms with Crippen molar-refractivity contribution in [3.63, 3.8) is 0 Å². The van der Waals surface area contributed by atoms with Gasteiger partial charge in [0.2, 0.25) is 5.43 Å². The zero-order valence-corrected chi connectivity index (χ0v) is 10.6. The van der Waals surface area contributed by atoms with Crippen LogP contribution in [0.4, 0.5) is 0 Å². The summed E-state index contributed by atoms with van der Waals surface area (Å²) in [5.41, 5.74) is 5.34. The highest BCUT2D eigenvalue weighted by Gasteiger charge is 2.08. The molecule has 0 aliphatic rings. The second kappa shape index (κ2) is 5.96. The molecule has 7 heteroatoms. The molecule has 1 aromatic carbocycles. The molecule has 0 aliphatic heterocycles. The van der Waals surface area contributed by atoms with Crippen molar-refractivity contribution >= 4 is 22.8 Å². The number of hydrogen-bond acceptors (Lipinski definition) is 5. The molecule has 104 valence electrons. The van der Waals surface area contributed by atoms with E-state index in [2.05, 4.69) is 9.84 Å². The van der Waals surface area contributed by atoms with Crippen molar-refractivity contribution in [1.82, 2.24) is 9.78 Å². The lowest BCUT2D eigenvalue weighted by Crippen LogP contribution is -2.22. The van der Waals surface area contributed by atoms with E-state index in [-0.39, 0.29) is 18.4 Å². The molecule has 1 heterocycles. The molecule has 0 saturated carbocycles. The van der Waals surface area contributed by atoms with E-state index in [1.54, 1.807) is 28.9 Å². The molecule has 0 spiro atoms. The van der Waals surface area contributed by atoms with Crippen molar-refractivity contribution < 1.29 is 14.3 Å². The van der Waals surface area contributed by atoms with Gasteiger partial charge >= 0.3 is 5.97 Å². The van der Waals surface area contributed by atoms with Crippen LogP contribution in [0, 0.1) is 0 Å². The van der Waals surface area contributed by atoms with Gasteiger partial charge in [0, 0.05) is 5.39 Å². The lowest BCUT2D eigenvalue weighted by molar-refractivity contribution is -0.148. The molecule has 0 aliphatic carbocycles. The van der Waals surface area contributed by atoms with Gasteiger partial charge in [-0.25, -0.2) is 0 Å². The molecular weight excluding hydrogens is 262 g/mol. The summed E-state index contributed by atoms with van der Waals surface area (Å²) in [6.45, 7) is -0.185. The number of nitrogens with zero attached hydrogens (tertiary/aromatic N) is 2. The Morgan fingerprint density at radius 2 is 2.05 bits per heavy atom. The summed E-state index contributed by atoms with van der Waals surface area (Å²) in [6.07, 6.45) is 1.24. The Labute approximate surface area is 113 Å². The minimum Gasteiger partial charge on any atom is -0.456 e. The van der Waals surface area contributed by atoms with Gasteiger partial charge in [0.1, 0.15) is 0 Å². The van der Waals surface area contributed by atoms with E-state index in [9.17, 15) is 14.4 Å². The van der Waals surface area contributed by atoms with Gasteiger partial charge in [0.25, 0.3) is 5.91 Å². The van der Waals surface area contributed by atoms with Crippen LogP contribution in [0.15, 0.2) is 35.3 Å². The second-order valence-corrected chi connectivity index (χ2v) is 4.13. The maximum Gasteiger partial charge on any atom is 0.308 e. The van der Waals surface area contributed by atoms with Gasteiger partial charge in [0.15, 0.2) is 6.61 Å². The van der Waals surface area contributed by atoms with E-state index in [4.69, 9.17) is 5.73 Å². The Balaban J connectivity index is 2.11. The van der Waals surface area contributed by atoms with Crippen molar-refractivity contribution in [3.8, 4) is 0 Å². The first-order valence-electron chi connectivity index (χ1n) is 5.97. The fourth-order valence-corrected chi connectivity index (χ4v) is 1.76. The summed E-state index contributed by atoms with van der Waals surface area (Å²) in [5, 5.41) is 4.51. The summed E-state index contributed by atoms with van der Waals surface area (Å²) >= 11 is 0. The molecule has 2 aromatic rings. The number of hydrogen-bond donors (Lipinski definition) is 1. The van der Waals surface area contributed by atoms with Gasteiger partial charge < -0.3 is 10.5 Å². The average molecular weight is 275 g/mol. The van der Waals surface area contributed by atoms with Crippen LogP contribution in [-0.2, 0) is 20.9 Å². The molecule has 0 bridgehead atoms. The van der Waals surface area contributed by atoms with E-state index in [1.165, 1.54) is 6.20 Å². The quantitative estimate of drug-likeness (QED) is 0.762. The number of aromatic nitrogens is 2. The highest BCUT2D eigenvalue weighted by molar-refractivity contribution is 5.79. The fraction of sp³-hybridized carbons (Fsp3) is 0.231. The standard InChI is InChI=1S/C13H13N3O4/c14-12(18)8-20-13(19)5-6-16-10-4-2-1-3-9(10)11(17)7-15-16/h1-4,7H,5-6,8H2,(H2,14,18). The third-order valence-corrected chi connectivity index (χ3v) is 2.67. The van der Waals surface area contributed by atoms with E-state index in [0.717, 1.165) is 0 Å². The number of rotatable bonds is 5. The zero-order chi connectivity index (χ0) is 14.5. The van der Waals surface area contributed by atoms with E-state index < -0.39 is 18.5 Å². The van der Waals surface area contributed by atoms with Crippen molar-refractivity contribution in [3.05, 3.63) is 40.7 Å². The number of ether oxygens (including phenoxy) is 1. The van der Waals surface area contributed by atoms with E-state index in [1.807, 2.05) is 0 Å². The van der Waals surface area contributed by atoms with Crippen LogP contribution in [0.5, 0.6) is 0 Å². The lowest BCUT2D eigenvalue weighted by Gasteiger charge is -2.08. The SMILES string of the molecule is NC(=O)COC(=O)CCn1ncc(=O)c2ccccc21. The van der Waals surface area contributed by atoms with Gasteiger partial charge in [-0.1, -0.05) is 12.1 Å². The summed E-state index contributed by atoms with van der Waals surface area (Å²) < 4.78 is 6.19. The summed E-state index contributed by atoms with van der Waals surface area (Å²) in [4.78, 5) is 33.5. The molecule has 7 nitrogen and oxygen atoms in total. The van der Waals surface area contributed by atoms with Crippen LogP contribution >= 0.6 is 0 Å². The number of amides is 1. The summed E-state index contributed by atoms with van der Waals surface area (Å²) in [6, 6.07) is 6.99. The molecule has 20 heavy (non-hydrogen) atoms. The molecule has 2 rings (SSSR count). The largest absolute Gasteiger partial charge is 0.456 e. The molecular formula is C13H13N3O4.